The number of hydrogen-bond donors (Lipinski definition) is 2. The summed E-state index contributed by atoms with van der Waals surface area (Å²) in [6.45, 7) is 5.86. The van der Waals surface area contributed by atoms with E-state index in [0.29, 0.717) is 18.6 Å². The lowest BCUT2D eigenvalue weighted by Crippen LogP contribution is -2.47. The third-order valence-corrected chi connectivity index (χ3v) is 4.16. The van der Waals surface area contributed by atoms with E-state index in [1.165, 1.54) is 25.7 Å². The van der Waals surface area contributed by atoms with Crippen LogP contribution in [0.4, 0.5) is 0 Å². The van der Waals surface area contributed by atoms with Crippen LogP contribution in [0.25, 0.3) is 0 Å². The maximum atomic E-state index is 11.2. The second-order valence-electron chi connectivity index (χ2n) is 6.20. The van der Waals surface area contributed by atoms with Crippen LogP contribution in [0.3, 0.4) is 0 Å². The molecule has 1 heterocycles. The van der Waals surface area contributed by atoms with E-state index in [0.717, 1.165) is 13.0 Å². The van der Waals surface area contributed by atoms with Gasteiger partial charge in [-0.25, -0.2) is 0 Å². The molecule has 4 heteroatoms. The van der Waals surface area contributed by atoms with Crippen molar-refractivity contribution in [2.75, 3.05) is 13.1 Å². The summed E-state index contributed by atoms with van der Waals surface area (Å²) in [5.74, 6) is -0.193. The number of nitrogens with zero attached hydrogens (tertiary/aromatic N) is 1. The Hall–Kier alpha value is -0.610. The molecule has 0 bridgehead atoms. The SMILES string of the molecule is CC1(C)CC(N(CC(N)=O)C2CCCC2)CN1. The van der Waals surface area contributed by atoms with E-state index in [2.05, 4.69) is 24.1 Å². The minimum absolute atomic E-state index is 0.193. The van der Waals surface area contributed by atoms with Crippen molar-refractivity contribution < 1.29 is 4.79 Å². The largest absolute Gasteiger partial charge is 0.369 e. The zero-order valence-corrected chi connectivity index (χ0v) is 11.0. The quantitative estimate of drug-likeness (QED) is 0.765. The standard InChI is InChI=1S/C13H25N3O/c1-13(2)7-11(8-15-13)16(9-12(14)17)10-5-3-4-6-10/h10-11,15H,3-9H2,1-2H3,(H2,14,17). The van der Waals surface area contributed by atoms with Gasteiger partial charge in [-0.15, -0.1) is 0 Å². The van der Waals surface area contributed by atoms with Crippen molar-refractivity contribution >= 4 is 5.91 Å². The molecule has 1 saturated heterocycles. The van der Waals surface area contributed by atoms with Gasteiger partial charge in [0.2, 0.25) is 5.91 Å². The van der Waals surface area contributed by atoms with Gasteiger partial charge >= 0.3 is 0 Å². The van der Waals surface area contributed by atoms with Crippen molar-refractivity contribution in [1.29, 1.82) is 0 Å². The number of nitrogens with one attached hydrogen (secondary N) is 1. The normalized spacial score (nSPS) is 29.0. The van der Waals surface area contributed by atoms with Crippen molar-refractivity contribution in [2.24, 2.45) is 5.73 Å². The molecule has 0 spiro atoms. The number of nitrogens with two attached hydrogens (primary N) is 1. The molecule has 1 aliphatic carbocycles. The van der Waals surface area contributed by atoms with Crippen LogP contribution in [0, 0.1) is 0 Å². The molecule has 3 N–H and O–H groups in total. The van der Waals surface area contributed by atoms with E-state index in [-0.39, 0.29) is 11.4 Å². The lowest BCUT2D eigenvalue weighted by atomic mass is 9.99. The summed E-state index contributed by atoms with van der Waals surface area (Å²) in [4.78, 5) is 13.6. The molecule has 2 fully saturated rings. The Labute approximate surface area is 104 Å². The fourth-order valence-electron chi connectivity index (χ4n) is 3.33. The monoisotopic (exact) mass is 239 g/mol. The van der Waals surface area contributed by atoms with Crippen molar-refractivity contribution in [3.05, 3.63) is 0 Å². The highest BCUT2D eigenvalue weighted by atomic mass is 16.1. The first-order chi connectivity index (χ1) is 7.98. The fourth-order valence-corrected chi connectivity index (χ4v) is 3.33. The molecule has 1 atom stereocenters. The van der Waals surface area contributed by atoms with Crippen molar-refractivity contribution in [1.82, 2.24) is 10.2 Å². The van der Waals surface area contributed by atoms with E-state index < -0.39 is 0 Å². The van der Waals surface area contributed by atoms with Gasteiger partial charge < -0.3 is 11.1 Å². The molecule has 0 radical (unpaired) electrons. The summed E-state index contributed by atoms with van der Waals surface area (Å²) in [6.07, 6.45) is 6.15. The number of carbonyl (C=O) groups excluding carboxylic acids is 1. The first kappa shape index (κ1) is 12.8. The molecule has 1 saturated carbocycles. The lowest BCUT2D eigenvalue weighted by Gasteiger charge is -2.33. The topological polar surface area (TPSA) is 58.4 Å². The zero-order chi connectivity index (χ0) is 12.5. The van der Waals surface area contributed by atoms with Gasteiger partial charge in [0.25, 0.3) is 0 Å². The van der Waals surface area contributed by atoms with Crippen LogP contribution in [0.15, 0.2) is 0 Å². The van der Waals surface area contributed by atoms with E-state index in [9.17, 15) is 4.79 Å². The van der Waals surface area contributed by atoms with Crippen LogP contribution in [-0.2, 0) is 4.79 Å². The zero-order valence-electron chi connectivity index (χ0n) is 11.0. The number of amides is 1. The number of carbonyl (C=O) groups is 1. The highest BCUT2D eigenvalue weighted by Gasteiger charge is 2.37. The van der Waals surface area contributed by atoms with Gasteiger partial charge in [-0.1, -0.05) is 12.8 Å². The molecule has 0 aromatic carbocycles. The summed E-state index contributed by atoms with van der Waals surface area (Å²) in [6, 6.07) is 1.05. The molecule has 0 aromatic heterocycles. The number of hydrogen-bond acceptors (Lipinski definition) is 3. The number of rotatable bonds is 4. The van der Waals surface area contributed by atoms with Crippen LogP contribution in [0.2, 0.25) is 0 Å². The molecule has 1 unspecified atom stereocenters. The van der Waals surface area contributed by atoms with Gasteiger partial charge in [-0.2, -0.15) is 0 Å². The Morgan fingerprint density at radius 3 is 2.47 bits per heavy atom. The summed E-state index contributed by atoms with van der Waals surface area (Å²) in [5.41, 5.74) is 5.59. The minimum Gasteiger partial charge on any atom is -0.369 e. The molecule has 1 aliphatic heterocycles. The predicted octanol–water partition coefficient (Wildman–Crippen LogP) is 0.857. The summed E-state index contributed by atoms with van der Waals surface area (Å²) in [5, 5.41) is 3.53. The Morgan fingerprint density at radius 1 is 1.35 bits per heavy atom. The molecular formula is C13H25N3O. The van der Waals surface area contributed by atoms with Crippen LogP contribution in [0.5, 0.6) is 0 Å². The van der Waals surface area contributed by atoms with E-state index in [4.69, 9.17) is 5.73 Å². The maximum absolute atomic E-state index is 11.2. The molecule has 98 valence electrons. The smallest absolute Gasteiger partial charge is 0.231 e. The van der Waals surface area contributed by atoms with E-state index >= 15 is 0 Å². The van der Waals surface area contributed by atoms with Crippen LogP contribution < -0.4 is 11.1 Å². The van der Waals surface area contributed by atoms with E-state index in [1.54, 1.807) is 0 Å². The highest BCUT2D eigenvalue weighted by molar-refractivity contribution is 5.76. The van der Waals surface area contributed by atoms with Gasteiger partial charge in [-0.05, 0) is 33.1 Å². The molecular weight excluding hydrogens is 214 g/mol. The summed E-state index contributed by atoms with van der Waals surface area (Å²) in [7, 11) is 0. The third-order valence-electron chi connectivity index (χ3n) is 4.16. The van der Waals surface area contributed by atoms with Crippen molar-refractivity contribution in [3.63, 3.8) is 0 Å². The van der Waals surface area contributed by atoms with Gasteiger partial charge in [0.15, 0.2) is 0 Å². The lowest BCUT2D eigenvalue weighted by molar-refractivity contribution is -0.120. The third kappa shape index (κ3) is 3.19. The summed E-state index contributed by atoms with van der Waals surface area (Å²) < 4.78 is 0. The van der Waals surface area contributed by atoms with Crippen molar-refractivity contribution in [2.45, 2.75) is 63.6 Å². The van der Waals surface area contributed by atoms with Crippen molar-refractivity contribution in [3.8, 4) is 0 Å². The highest BCUT2D eigenvalue weighted by Crippen LogP contribution is 2.29. The van der Waals surface area contributed by atoms with Crippen LogP contribution >= 0.6 is 0 Å². The Balaban J connectivity index is 2.02. The first-order valence-corrected chi connectivity index (χ1v) is 6.77. The molecule has 17 heavy (non-hydrogen) atoms. The Morgan fingerprint density at radius 2 is 2.00 bits per heavy atom. The van der Waals surface area contributed by atoms with Gasteiger partial charge in [0.05, 0.1) is 6.54 Å². The minimum atomic E-state index is -0.193. The number of primary amides is 1. The second-order valence-corrected chi connectivity index (χ2v) is 6.20. The summed E-state index contributed by atoms with van der Waals surface area (Å²) >= 11 is 0. The van der Waals surface area contributed by atoms with Gasteiger partial charge in [-0.3, -0.25) is 9.69 Å². The average molecular weight is 239 g/mol. The molecule has 2 rings (SSSR count). The van der Waals surface area contributed by atoms with Crippen LogP contribution in [0.1, 0.15) is 46.0 Å². The van der Waals surface area contributed by atoms with Gasteiger partial charge in [0, 0.05) is 24.2 Å². The average Bonchev–Trinajstić information content (AvgIpc) is 2.83. The molecule has 2 aliphatic rings. The molecule has 0 aromatic rings. The van der Waals surface area contributed by atoms with Gasteiger partial charge in [0.1, 0.15) is 0 Å². The molecule has 1 amide bonds. The maximum Gasteiger partial charge on any atom is 0.231 e. The van der Waals surface area contributed by atoms with Crippen LogP contribution in [-0.4, -0.2) is 41.5 Å². The second kappa shape index (κ2) is 4.94. The molecule has 4 nitrogen and oxygen atoms in total. The first-order valence-electron chi connectivity index (χ1n) is 6.77. The Bertz CT molecular complexity index is 284. The van der Waals surface area contributed by atoms with E-state index in [1.807, 2.05) is 0 Å². The fraction of sp³-hybridized carbons (Fsp3) is 0.923. The Kier molecular flexibility index (Phi) is 3.73. The predicted molar refractivity (Wildman–Crippen MR) is 68.6 cm³/mol.